The topological polar surface area (TPSA) is 119 Å². The molecular weight excluding hydrogens is 300 g/mol. The van der Waals surface area contributed by atoms with Crippen molar-refractivity contribution in [1.29, 1.82) is 0 Å². The lowest BCUT2D eigenvalue weighted by Gasteiger charge is -2.17. The molecule has 5 N–H and O–H groups in total. The second kappa shape index (κ2) is 5.23. The van der Waals surface area contributed by atoms with Crippen molar-refractivity contribution in [2.45, 2.75) is 17.4 Å². The van der Waals surface area contributed by atoms with Gasteiger partial charge in [0.05, 0.1) is 5.69 Å². The van der Waals surface area contributed by atoms with Crippen molar-refractivity contribution in [3.8, 4) is 0 Å². The van der Waals surface area contributed by atoms with E-state index >= 15 is 0 Å². The molecule has 1 unspecified atom stereocenters. The lowest BCUT2D eigenvalue weighted by Crippen LogP contribution is -2.26. The quantitative estimate of drug-likeness (QED) is 0.700. The average molecular weight is 318 g/mol. The van der Waals surface area contributed by atoms with Gasteiger partial charge in [-0.1, -0.05) is 0 Å². The van der Waals surface area contributed by atoms with Crippen LogP contribution in [0.5, 0.6) is 0 Å². The van der Waals surface area contributed by atoms with E-state index in [1.165, 1.54) is 7.05 Å². The van der Waals surface area contributed by atoms with Gasteiger partial charge in [0, 0.05) is 32.4 Å². The summed E-state index contributed by atoms with van der Waals surface area (Å²) in [4.78, 5) is 13.9. The fourth-order valence-electron chi connectivity index (χ4n) is 2.24. The van der Waals surface area contributed by atoms with Gasteiger partial charge in [-0.15, -0.1) is 11.3 Å². The Bertz CT molecular complexity index is 638. The van der Waals surface area contributed by atoms with E-state index in [-0.39, 0.29) is 27.4 Å². The molecule has 0 aliphatic carbocycles. The molecule has 2 heterocycles. The molecular formula is C11H18N4O3S2. The van der Waals surface area contributed by atoms with Crippen LogP contribution < -0.4 is 21.7 Å². The smallest absolute Gasteiger partial charge is 0.263 e. The Balaban J connectivity index is 2.58. The molecule has 1 aromatic heterocycles. The van der Waals surface area contributed by atoms with Gasteiger partial charge in [0.2, 0.25) is 0 Å². The zero-order chi connectivity index (χ0) is 15.1. The summed E-state index contributed by atoms with van der Waals surface area (Å²) < 4.78 is 23.9. The predicted molar refractivity (Wildman–Crippen MR) is 80.0 cm³/mol. The predicted octanol–water partition coefficient (Wildman–Crippen LogP) is -0.369. The molecule has 9 heteroatoms. The summed E-state index contributed by atoms with van der Waals surface area (Å²) in [5, 5.41) is 2.98. The number of sulfone groups is 1. The minimum Gasteiger partial charge on any atom is -0.396 e. The van der Waals surface area contributed by atoms with E-state index in [9.17, 15) is 13.2 Å². The number of hydrogen-bond acceptors (Lipinski definition) is 7. The van der Waals surface area contributed by atoms with Gasteiger partial charge in [-0.05, 0) is 6.42 Å². The standard InChI is InChI=1S/C11H18N4O3S2/c1-14-10(16)8-7(13)9(20(2,17)18)11(19-8)15-4-3-6(12)5-15/h6H,3-5,12-13H2,1-2H3,(H,14,16). The molecule has 0 radical (unpaired) electrons. The summed E-state index contributed by atoms with van der Waals surface area (Å²) in [5.41, 5.74) is 11.8. The van der Waals surface area contributed by atoms with Crippen LogP contribution in [0.4, 0.5) is 10.7 Å². The van der Waals surface area contributed by atoms with Gasteiger partial charge < -0.3 is 21.7 Å². The van der Waals surface area contributed by atoms with Crippen molar-refractivity contribution in [2.24, 2.45) is 5.73 Å². The van der Waals surface area contributed by atoms with Crippen LogP contribution in [-0.2, 0) is 9.84 Å². The Hall–Kier alpha value is -1.32. The summed E-state index contributed by atoms with van der Waals surface area (Å²) in [6.07, 6.45) is 1.88. The Morgan fingerprint density at radius 3 is 2.60 bits per heavy atom. The first-order chi connectivity index (χ1) is 9.25. The van der Waals surface area contributed by atoms with Crippen molar-refractivity contribution in [1.82, 2.24) is 5.32 Å². The summed E-state index contributed by atoms with van der Waals surface area (Å²) in [5.74, 6) is -0.382. The first kappa shape index (κ1) is 15.1. The van der Waals surface area contributed by atoms with Gasteiger partial charge in [0.25, 0.3) is 5.91 Å². The van der Waals surface area contributed by atoms with Crippen molar-refractivity contribution in [3.63, 3.8) is 0 Å². The van der Waals surface area contributed by atoms with E-state index < -0.39 is 9.84 Å². The number of carbonyl (C=O) groups excluding carboxylic acids is 1. The first-order valence-corrected chi connectivity index (χ1v) is 8.81. The van der Waals surface area contributed by atoms with Crippen LogP contribution in [-0.4, -0.2) is 46.8 Å². The molecule has 0 saturated carbocycles. The summed E-state index contributed by atoms with van der Waals surface area (Å²) in [7, 11) is -2.04. The highest BCUT2D eigenvalue weighted by molar-refractivity contribution is 7.91. The number of thiophene rings is 1. The van der Waals surface area contributed by atoms with Gasteiger partial charge in [0.1, 0.15) is 14.8 Å². The van der Waals surface area contributed by atoms with Gasteiger partial charge in [-0.3, -0.25) is 4.79 Å². The molecule has 1 fully saturated rings. The maximum atomic E-state index is 12.0. The molecule has 0 bridgehead atoms. The Morgan fingerprint density at radius 2 is 2.15 bits per heavy atom. The molecule has 1 aliphatic heterocycles. The molecule has 20 heavy (non-hydrogen) atoms. The monoisotopic (exact) mass is 318 g/mol. The zero-order valence-electron chi connectivity index (χ0n) is 11.3. The highest BCUT2D eigenvalue weighted by atomic mass is 32.2. The highest BCUT2D eigenvalue weighted by Crippen LogP contribution is 2.42. The molecule has 1 saturated heterocycles. The molecule has 0 spiro atoms. The zero-order valence-corrected chi connectivity index (χ0v) is 13.0. The second-order valence-corrected chi connectivity index (χ2v) is 7.78. The number of nitrogens with two attached hydrogens (primary N) is 2. The third-order valence-corrected chi connectivity index (χ3v) is 5.75. The molecule has 7 nitrogen and oxygen atoms in total. The normalized spacial score (nSPS) is 19.4. The first-order valence-electron chi connectivity index (χ1n) is 6.10. The SMILES string of the molecule is CNC(=O)c1sc(N2CCC(N)C2)c(S(C)(=O)=O)c1N. The van der Waals surface area contributed by atoms with Crippen molar-refractivity contribution >= 4 is 37.8 Å². The van der Waals surface area contributed by atoms with Crippen LogP contribution in [0.15, 0.2) is 4.90 Å². The van der Waals surface area contributed by atoms with Gasteiger partial charge in [0.15, 0.2) is 9.84 Å². The summed E-state index contributed by atoms with van der Waals surface area (Å²) >= 11 is 1.10. The minimum atomic E-state index is -3.52. The lowest BCUT2D eigenvalue weighted by atomic mass is 10.3. The van der Waals surface area contributed by atoms with E-state index in [2.05, 4.69) is 5.32 Å². The number of nitrogen functional groups attached to an aromatic ring is 1. The lowest BCUT2D eigenvalue weighted by molar-refractivity contribution is 0.0968. The highest BCUT2D eigenvalue weighted by Gasteiger charge is 2.32. The largest absolute Gasteiger partial charge is 0.396 e. The molecule has 1 amide bonds. The van der Waals surface area contributed by atoms with Crippen LogP contribution in [0.2, 0.25) is 0 Å². The summed E-state index contributed by atoms with van der Waals surface area (Å²) in [6, 6.07) is 0.00851. The van der Waals surface area contributed by atoms with Crippen molar-refractivity contribution in [3.05, 3.63) is 4.88 Å². The molecule has 1 aromatic rings. The van der Waals surface area contributed by atoms with E-state index in [0.717, 1.165) is 24.0 Å². The molecule has 2 rings (SSSR count). The molecule has 1 aliphatic rings. The Kier molecular flexibility index (Phi) is 3.94. The van der Waals surface area contributed by atoms with Gasteiger partial charge >= 0.3 is 0 Å². The number of anilines is 2. The van der Waals surface area contributed by atoms with E-state index in [0.29, 0.717) is 18.1 Å². The average Bonchev–Trinajstić information content (AvgIpc) is 2.91. The van der Waals surface area contributed by atoms with Crippen LogP contribution in [0.25, 0.3) is 0 Å². The fourth-order valence-corrected chi connectivity index (χ4v) is 4.93. The van der Waals surface area contributed by atoms with Crippen LogP contribution in [0, 0.1) is 0 Å². The van der Waals surface area contributed by atoms with Gasteiger partial charge in [-0.2, -0.15) is 0 Å². The van der Waals surface area contributed by atoms with Crippen LogP contribution in [0.3, 0.4) is 0 Å². The van der Waals surface area contributed by atoms with E-state index in [1.807, 2.05) is 4.90 Å². The van der Waals surface area contributed by atoms with Crippen molar-refractivity contribution in [2.75, 3.05) is 37.0 Å². The number of carbonyl (C=O) groups is 1. The molecule has 0 aromatic carbocycles. The van der Waals surface area contributed by atoms with Crippen LogP contribution in [0.1, 0.15) is 16.1 Å². The van der Waals surface area contributed by atoms with Crippen LogP contribution >= 0.6 is 11.3 Å². The summed E-state index contributed by atoms with van der Waals surface area (Å²) in [6.45, 7) is 1.23. The molecule has 1 atom stereocenters. The number of hydrogen-bond donors (Lipinski definition) is 3. The maximum absolute atomic E-state index is 12.0. The number of rotatable bonds is 3. The Labute approximate surface area is 121 Å². The Morgan fingerprint density at radius 1 is 1.50 bits per heavy atom. The van der Waals surface area contributed by atoms with Crippen molar-refractivity contribution < 1.29 is 13.2 Å². The number of nitrogens with zero attached hydrogens (tertiary/aromatic N) is 1. The van der Waals surface area contributed by atoms with E-state index in [4.69, 9.17) is 11.5 Å². The second-order valence-electron chi connectivity index (χ2n) is 4.83. The molecule has 112 valence electrons. The maximum Gasteiger partial charge on any atom is 0.263 e. The third kappa shape index (κ3) is 2.60. The third-order valence-electron chi connectivity index (χ3n) is 3.20. The van der Waals surface area contributed by atoms with Gasteiger partial charge in [-0.25, -0.2) is 8.42 Å². The fraction of sp³-hybridized carbons (Fsp3) is 0.545. The number of nitrogens with one attached hydrogen (secondary N) is 1. The minimum absolute atomic E-state index is 0.00851. The number of amides is 1. The van der Waals surface area contributed by atoms with E-state index in [1.54, 1.807) is 0 Å².